The number of fused-ring (bicyclic) bond motifs is 1. The molecule has 0 unspecified atom stereocenters. The van der Waals surface area contributed by atoms with E-state index < -0.39 is 4.92 Å². The Balaban J connectivity index is 2.05. The van der Waals surface area contributed by atoms with Crippen molar-refractivity contribution in [2.75, 3.05) is 0 Å². The van der Waals surface area contributed by atoms with Gasteiger partial charge in [0.15, 0.2) is 0 Å². The highest BCUT2D eigenvalue weighted by Gasteiger charge is 2.10. The molecule has 0 aliphatic carbocycles. The van der Waals surface area contributed by atoms with Crippen LogP contribution >= 0.6 is 11.6 Å². The Morgan fingerprint density at radius 2 is 1.90 bits per heavy atom. The van der Waals surface area contributed by atoms with E-state index in [0.717, 1.165) is 22.2 Å². The van der Waals surface area contributed by atoms with Crippen LogP contribution in [0.5, 0.6) is 0 Å². The smallest absolute Gasteiger partial charge is 0.258 e. The van der Waals surface area contributed by atoms with Crippen LogP contribution in [0.4, 0.5) is 5.69 Å². The standard InChI is InChI=1S/C15H10ClN3O2/c16-15-17-13-7-2-1-6-12(13)14(18-15)9-10-4-3-5-11(8-10)19(20)21/h1-8H,9H2. The topological polar surface area (TPSA) is 68.9 Å². The van der Waals surface area contributed by atoms with Crippen molar-refractivity contribution in [2.45, 2.75) is 6.42 Å². The molecule has 0 saturated heterocycles. The van der Waals surface area contributed by atoms with Crippen LogP contribution in [0.15, 0.2) is 48.5 Å². The second-order valence-electron chi connectivity index (χ2n) is 4.56. The average Bonchev–Trinajstić information content (AvgIpc) is 2.47. The molecule has 0 aliphatic heterocycles. The normalized spacial score (nSPS) is 10.7. The lowest BCUT2D eigenvalue weighted by Crippen LogP contribution is -1.98. The van der Waals surface area contributed by atoms with Crippen molar-refractivity contribution in [3.05, 3.63) is 75.2 Å². The molecule has 3 aromatic rings. The molecule has 0 fully saturated rings. The molecule has 0 atom stereocenters. The van der Waals surface area contributed by atoms with E-state index in [2.05, 4.69) is 9.97 Å². The van der Waals surface area contributed by atoms with Crippen molar-refractivity contribution in [3.63, 3.8) is 0 Å². The molecule has 0 spiro atoms. The molecule has 5 nitrogen and oxygen atoms in total. The van der Waals surface area contributed by atoms with Gasteiger partial charge in [-0.15, -0.1) is 0 Å². The number of nitrogens with zero attached hydrogens (tertiary/aromatic N) is 3. The summed E-state index contributed by atoms with van der Waals surface area (Å²) in [6.45, 7) is 0. The molecule has 0 amide bonds. The summed E-state index contributed by atoms with van der Waals surface area (Å²) in [5.74, 6) is 0. The highest BCUT2D eigenvalue weighted by Crippen LogP contribution is 2.22. The van der Waals surface area contributed by atoms with Gasteiger partial charge in [0, 0.05) is 23.9 Å². The average molecular weight is 300 g/mol. The maximum atomic E-state index is 10.8. The highest BCUT2D eigenvalue weighted by atomic mass is 35.5. The van der Waals surface area contributed by atoms with Crippen LogP contribution in [0.25, 0.3) is 10.9 Å². The van der Waals surface area contributed by atoms with Crippen LogP contribution in [-0.2, 0) is 6.42 Å². The second kappa shape index (κ2) is 5.46. The number of benzene rings is 2. The highest BCUT2D eigenvalue weighted by molar-refractivity contribution is 6.28. The number of nitro groups is 1. The molecular formula is C15H10ClN3O2. The molecule has 0 radical (unpaired) electrons. The fourth-order valence-electron chi connectivity index (χ4n) is 2.22. The summed E-state index contributed by atoms with van der Waals surface area (Å²) in [4.78, 5) is 18.8. The molecule has 6 heteroatoms. The Kier molecular flexibility index (Phi) is 3.50. The van der Waals surface area contributed by atoms with Gasteiger partial charge in [0.2, 0.25) is 5.28 Å². The van der Waals surface area contributed by atoms with Crippen molar-refractivity contribution < 1.29 is 4.92 Å². The van der Waals surface area contributed by atoms with Gasteiger partial charge >= 0.3 is 0 Å². The molecule has 0 aliphatic rings. The Hall–Kier alpha value is -2.53. The predicted molar refractivity (Wildman–Crippen MR) is 80.5 cm³/mol. The number of hydrogen-bond donors (Lipinski definition) is 0. The molecule has 104 valence electrons. The van der Waals surface area contributed by atoms with E-state index in [1.54, 1.807) is 12.1 Å². The molecule has 0 N–H and O–H groups in total. The van der Waals surface area contributed by atoms with Gasteiger partial charge in [-0.05, 0) is 23.2 Å². The lowest BCUT2D eigenvalue weighted by atomic mass is 10.1. The van der Waals surface area contributed by atoms with Gasteiger partial charge in [-0.2, -0.15) is 0 Å². The van der Waals surface area contributed by atoms with E-state index in [1.165, 1.54) is 6.07 Å². The molecular weight excluding hydrogens is 290 g/mol. The lowest BCUT2D eigenvalue weighted by molar-refractivity contribution is -0.384. The third kappa shape index (κ3) is 2.83. The molecule has 21 heavy (non-hydrogen) atoms. The first-order valence-electron chi connectivity index (χ1n) is 6.28. The van der Waals surface area contributed by atoms with E-state index in [0.29, 0.717) is 6.42 Å². The molecule has 2 aromatic carbocycles. The van der Waals surface area contributed by atoms with E-state index in [-0.39, 0.29) is 11.0 Å². The molecule has 0 bridgehead atoms. The van der Waals surface area contributed by atoms with E-state index in [9.17, 15) is 10.1 Å². The third-order valence-electron chi connectivity index (χ3n) is 3.15. The van der Waals surface area contributed by atoms with Gasteiger partial charge in [-0.25, -0.2) is 9.97 Å². The Morgan fingerprint density at radius 3 is 2.71 bits per heavy atom. The Morgan fingerprint density at radius 1 is 1.10 bits per heavy atom. The minimum Gasteiger partial charge on any atom is -0.258 e. The minimum absolute atomic E-state index is 0.0666. The largest absolute Gasteiger partial charge is 0.269 e. The predicted octanol–water partition coefficient (Wildman–Crippen LogP) is 3.78. The van der Waals surface area contributed by atoms with E-state index in [4.69, 9.17) is 11.6 Å². The second-order valence-corrected chi connectivity index (χ2v) is 4.90. The first kappa shape index (κ1) is 13.5. The Labute approximate surface area is 125 Å². The first-order chi connectivity index (χ1) is 10.1. The van der Waals surface area contributed by atoms with Gasteiger partial charge in [-0.1, -0.05) is 30.3 Å². The molecule has 1 aromatic heterocycles. The summed E-state index contributed by atoms with van der Waals surface area (Å²) in [6.07, 6.45) is 0.463. The van der Waals surface area contributed by atoms with Crippen molar-refractivity contribution in [2.24, 2.45) is 0 Å². The van der Waals surface area contributed by atoms with Crippen LogP contribution in [0.2, 0.25) is 5.28 Å². The van der Waals surface area contributed by atoms with Crippen LogP contribution in [0.3, 0.4) is 0 Å². The number of rotatable bonds is 3. The summed E-state index contributed by atoms with van der Waals surface area (Å²) < 4.78 is 0. The van der Waals surface area contributed by atoms with Crippen molar-refractivity contribution in [3.8, 4) is 0 Å². The number of para-hydroxylation sites is 1. The number of halogens is 1. The third-order valence-corrected chi connectivity index (χ3v) is 3.32. The lowest BCUT2D eigenvalue weighted by Gasteiger charge is -2.06. The zero-order valence-corrected chi connectivity index (χ0v) is 11.6. The maximum Gasteiger partial charge on any atom is 0.269 e. The molecule has 3 rings (SSSR count). The number of hydrogen-bond acceptors (Lipinski definition) is 4. The quantitative estimate of drug-likeness (QED) is 0.419. The van der Waals surface area contributed by atoms with E-state index >= 15 is 0 Å². The first-order valence-corrected chi connectivity index (χ1v) is 6.66. The van der Waals surface area contributed by atoms with Crippen LogP contribution in [-0.4, -0.2) is 14.9 Å². The van der Waals surface area contributed by atoms with Crippen LogP contribution in [0.1, 0.15) is 11.3 Å². The van der Waals surface area contributed by atoms with Crippen LogP contribution in [0, 0.1) is 10.1 Å². The summed E-state index contributed by atoms with van der Waals surface area (Å²) in [5.41, 5.74) is 2.39. The van der Waals surface area contributed by atoms with Gasteiger partial charge in [0.25, 0.3) is 5.69 Å². The summed E-state index contributed by atoms with van der Waals surface area (Å²) >= 11 is 5.94. The molecule has 1 heterocycles. The molecule has 0 saturated carbocycles. The summed E-state index contributed by atoms with van der Waals surface area (Å²) in [6, 6.07) is 14.1. The minimum atomic E-state index is -0.408. The number of non-ortho nitro benzene ring substituents is 1. The maximum absolute atomic E-state index is 10.8. The summed E-state index contributed by atoms with van der Waals surface area (Å²) in [5, 5.41) is 11.9. The zero-order valence-electron chi connectivity index (χ0n) is 10.9. The summed E-state index contributed by atoms with van der Waals surface area (Å²) in [7, 11) is 0. The monoisotopic (exact) mass is 299 g/mol. The number of nitro benzene ring substituents is 1. The van der Waals surface area contributed by atoms with Crippen LogP contribution < -0.4 is 0 Å². The fourth-order valence-corrected chi connectivity index (χ4v) is 2.41. The fraction of sp³-hybridized carbons (Fsp3) is 0.0667. The van der Waals surface area contributed by atoms with Crippen molar-refractivity contribution in [1.29, 1.82) is 0 Å². The van der Waals surface area contributed by atoms with Gasteiger partial charge in [-0.3, -0.25) is 10.1 Å². The Bertz CT molecular complexity index is 836. The van der Waals surface area contributed by atoms with Gasteiger partial charge in [0.05, 0.1) is 16.1 Å². The van der Waals surface area contributed by atoms with E-state index in [1.807, 2.05) is 30.3 Å². The van der Waals surface area contributed by atoms with Gasteiger partial charge in [0.1, 0.15) is 0 Å². The van der Waals surface area contributed by atoms with Crippen molar-refractivity contribution in [1.82, 2.24) is 9.97 Å². The zero-order chi connectivity index (χ0) is 14.8. The van der Waals surface area contributed by atoms with Gasteiger partial charge < -0.3 is 0 Å². The SMILES string of the molecule is O=[N+]([O-])c1cccc(Cc2nc(Cl)nc3ccccc23)c1. The number of aromatic nitrogens is 2. The van der Waals surface area contributed by atoms with Crippen molar-refractivity contribution >= 4 is 28.2 Å².